The molecule has 0 saturated heterocycles. The normalized spacial score (nSPS) is 8.33. The average Bonchev–Trinajstić information content (AvgIpc) is 1.65. The standard InChI is InChI=1S/C2H6O2PS/c1-3-5(6)4-2/h1-2H3/q+1. The van der Waals surface area contributed by atoms with Crippen molar-refractivity contribution in [3.63, 3.8) is 0 Å². The summed E-state index contributed by atoms with van der Waals surface area (Å²) in [5.74, 6) is 0. The summed E-state index contributed by atoms with van der Waals surface area (Å²) in [6.07, 6.45) is 0. The molecule has 0 aromatic heterocycles. The van der Waals surface area contributed by atoms with Crippen LogP contribution in [0.25, 0.3) is 0 Å². The van der Waals surface area contributed by atoms with Gasteiger partial charge in [-0.3, -0.25) is 0 Å². The van der Waals surface area contributed by atoms with Crippen LogP contribution in [0.1, 0.15) is 0 Å². The maximum Gasteiger partial charge on any atom is 0.521 e. The first-order chi connectivity index (χ1) is 2.81. The lowest BCUT2D eigenvalue weighted by atomic mass is 11.8. The van der Waals surface area contributed by atoms with Crippen LogP contribution in [0.5, 0.6) is 0 Å². The molecule has 0 saturated carbocycles. The van der Waals surface area contributed by atoms with Gasteiger partial charge in [-0.15, -0.1) is 9.05 Å². The summed E-state index contributed by atoms with van der Waals surface area (Å²) in [5.41, 5.74) is 0. The molecule has 2 nitrogen and oxygen atoms in total. The monoisotopic (exact) mass is 125 g/mol. The lowest BCUT2D eigenvalue weighted by Crippen LogP contribution is -1.66. The van der Waals surface area contributed by atoms with Gasteiger partial charge in [0.1, 0.15) is 0 Å². The van der Waals surface area contributed by atoms with Gasteiger partial charge in [-0.2, -0.15) is 0 Å². The molecule has 0 N–H and O–H groups in total. The van der Waals surface area contributed by atoms with Gasteiger partial charge in [0.05, 0.1) is 14.2 Å². The van der Waals surface area contributed by atoms with Crippen LogP contribution in [0.3, 0.4) is 0 Å². The third-order valence-electron chi connectivity index (χ3n) is 0.298. The van der Waals surface area contributed by atoms with Crippen LogP contribution in [-0.4, -0.2) is 14.2 Å². The quantitative estimate of drug-likeness (QED) is 0.514. The van der Waals surface area contributed by atoms with Crippen molar-refractivity contribution in [2.24, 2.45) is 0 Å². The van der Waals surface area contributed by atoms with Crippen molar-refractivity contribution in [2.45, 2.75) is 0 Å². The third-order valence-corrected chi connectivity index (χ3v) is 1.79. The van der Waals surface area contributed by atoms with Gasteiger partial charge in [-0.05, 0) is 0 Å². The highest BCUT2D eigenvalue weighted by atomic mass is 32.4. The van der Waals surface area contributed by atoms with E-state index >= 15 is 0 Å². The van der Waals surface area contributed by atoms with Crippen LogP contribution in [0.2, 0.25) is 0 Å². The van der Waals surface area contributed by atoms with E-state index in [2.05, 4.69) is 20.9 Å². The number of hydrogen-bond donors (Lipinski definition) is 0. The predicted molar refractivity (Wildman–Crippen MR) is 28.3 cm³/mol. The van der Waals surface area contributed by atoms with Gasteiger partial charge in [-0.25, -0.2) is 0 Å². The van der Waals surface area contributed by atoms with Crippen molar-refractivity contribution >= 4 is 19.0 Å². The molecule has 36 valence electrons. The fourth-order valence-electron chi connectivity index (χ4n) is 0.0745. The van der Waals surface area contributed by atoms with Gasteiger partial charge >= 0.3 is 7.15 Å². The molecule has 0 aliphatic rings. The van der Waals surface area contributed by atoms with Crippen molar-refractivity contribution in [3.8, 4) is 0 Å². The first-order valence-electron chi connectivity index (χ1n) is 1.36. The van der Waals surface area contributed by atoms with Gasteiger partial charge in [0, 0.05) is 0 Å². The fraction of sp³-hybridized carbons (Fsp3) is 1.00. The van der Waals surface area contributed by atoms with Crippen LogP contribution in [0.4, 0.5) is 0 Å². The summed E-state index contributed by atoms with van der Waals surface area (Å²) in [5, 5.41) is 0. The van der Waals surface area contributed by atoms with Gasteiger partial charge < -0.3 is 0 Å². The lowest BCUT2D eigenvalue weighted by molar-refractivity contribution is 0.360. The molecule has 0 amide bonds. The van der Waals surface area contributed by atoms with Crippen LogP contribution < -0.4 is 0 Å². The van der Waals surface area contributed by atoms with E-state index in [9.17, 15) is 0 Å². The number of rotatable bonds is 2. The third kappa shape index (κ3) is 2.67. The van der Waals surface area contributed by atoms with Crippen LogP contribution >= 0.6 is 7.15 Å². The van der Waals surface area contributed by atoms with Crippen LogP contribution in [-0.2, 0) is 20.9 Å². The van der Waals surface area contributed by atoms with E-state index in [0.29, 0.717) is 0 Å². The molecule has 0 aromatic carbocycles. The van der Waals surface area contributed by atoms with E-state index in [4.69, 9.17) is 0 Å². The van der Waals surface area contributed by atoms with Gasteiger partial charge in [-0.1, -0.05) is 0 Å². The van der Waals surface area contributed by atoms with Crippen molar-refractivity contribution in [2.75, 3.05) is 14.2 Å². The molecule has 0 atom stereocenters. The Hall–Kier alpha value is 0.440. The summed E-state index contributed by atoms with van der Waals surface area (Å²) in [6, 6.07) is 0. The Labute approximate surface area is 43.0 Å². The van der Waals surface area contributed by atoms with E-state index in [1.165, 1.54) is 14.2 Å². The Kier molecular flexibility index (Phi) is 3.89. The number of hydrogen-bond acceptors (Lipinski definition) is 3. The second kappa shape index (κ2) is 3.62. The van der Waals surface area contributed by atoms with Crippen molar-refractivity contribution in [3.05, 3.63) is 0 Å². The van der Waals surface area contributed by atoms with Gasteiger partial charge in [0.15, 0.2) is 0 Å². The molecule has 0 aromatic rings. The van der Waals surface area contributed by atoms with Crippen molar-refractivity contribution < 1.29 is 9.05 Å². The van der Waals surface area contributed by atoms with Crippen molar-refractivity contribution in [1.29, 1.82) is 0 Å². The summed E-state index contributed by atoms with van der Waals surface area (Å²) in [7, 11) is 2.07. The molecule has 0 unspecified atom stereocenters. The maximum atomic E-state index is 4.56. The zero-order valence-corrected chi connectivity index (χ0v) is 5.38. The highest BCUT2D eigenvalue weighted by Crippen LogP contribution is 2.18. The van der Waals surface area contributed by atoms with E-state index < -0.39 is 7.15 Å². The Bertz CT molecular complexity index is 49.5. The van der Waals surface area contributed by atoms with Gasteiger partial charge in [0.2, 0.25) is 11.8 Å². The summed E-state index contributed by atoms with van der Waals surface area (Å²) in [4.78, 5) is 0. The first-order valence-corrected chi connectivity index (χ1v) is 3.56. The SMILES string of the molecule is CO[P+](=S)OC. The molecule has 0 fully saturated rings. The summed E-state index contributed by atoms with van der Waals surface area (Å²) in [6.45, 7) is 0. The Morgan fingerprint density at radius 3 is 1.67 bits per heavy atom. The second-order valence-corrected chi connectivity index (χ2v) is 2.66. The summed E-state index contributed by atoms with van der Waals surface area (Å²) >= 11 is 4.56. The molecule has 4 heteroatoms. The molecule has 0 bridgehead atoms. The minimum atomic E-state index is -0.993. The fourth-order valence-corrected chi connectivity index (χ4v) is 0.224. The highest BCUT2D eigenvalue weighted by Gasteiger charge is 2.02. The summed E-state index contributed by atoms with van der Waals surface area (Å²) < 4.78 is 9.11. The largest absolute Gasteiger partial charge is 0.521 e. The topological polar surface area (TPSA) is 18.5 Å². The van der Waals surface area contributed by atoms with E-state index in [1.807, 2.05) is 0 Å². The molecule has 6 heavy (non-hydrogen) atoms. The van der Waals surface area contributed by atoms with E-state index in [1.54, 1.807) is 0 Å². The zero-order valence-electron chi connectivity index (χ0n) is 3.67. The average molecular weight is 125 g/mol. The molecule has 0 heterocycles. The van der Waals surface area contributed by atoms with Gasteiger partial charge in [0.25, 0.3) is 0 Å². The maximum absolute atomic E-state index is 4.56. The Morgan fingerprint density at radius 2 is 1.67 bits per heavy atom. The second-order valence-electron chi connectivity index (χ2n) is 0.589. The molecule has 0 spiro atoms. The molecular weight excluding hydrogens is 119 g/mol. The molecule has 0 radical (unpaired) electrons. The smallest absolute Gasteiger partial charge is 0.145 e. The Morgan fingerprint density at radius 1 is 1.33 bits per heavy atom. The molecule has 0 aliphatic carbocycles. The first kappa shape index (κ1) is 6.44. The van der Waals surface area contributed by atoms with Crippen LogP contribution in [0, 0.1) is 0 Å². The van der Waals surface area contributed by atoms with Crippen LogP contribution in [0.15, 0.2) is 0 Å². The lowest BCUT2D eigenvalue weighted by Gasteiger charge is -1.71. The van der Waals surface area contributed by atoms with E-state index in [-0.39, 0.29) is 0 Å². The molecule has 0 rings (SSSR count). The molecular formula is C2H6O2PS+. The minimum Gasteiger partial charge on any atom is -0.145 e. The highest BCUT2D eigenvalue weighted by molar-refractivity contribution is 8.00. The van der Waals surface area contributed by atoms with Crippen molar-refractivity contribution in [1.82, 2.24) is 0 Å². The minimum absolute atomic E-state index is 0.993. The Balaban J connectivity index is 2.99. The zero-order chi connectivity index (χ0) is 4.99. The predicted octanol–water partition coefficient (Wildman–Crippen LogP) is 1.05. The molecule has 0 aliphatic heterocycles. The van der Waals surface area contributed by atoms with E-state index in [0.717, 1.165) is 0 Å².